The molecule has 1 saturated heterocycles. The van der Waals surface area contributed by atoms with E-state index in [2.05, 4.69) is 5.10 Å². The third kappa shape index (κ3) is 4.67. The first kappa shape index (κ1) is 18.2. The third-order valence-corrected chi connectivity index (χ3v) is 7.79. The summed E-state index contributed by atoms with van der Waals surface area (Å²) in [5.74, 6) is -0.0625. The van der Waals surface area contributed by atoms with Crippen LogP contribution in [0, 0.1) is 0 Å². The number of aryl methyl sites for hydroxylation is 1. The highest BCUT2D eigenvalue weighted by molar-refractivity contribution is 7.92. The fourth-order valence-electron chi connectivity index (χ4n) is 2.53. The van der Waals surface area contributed by atoms with Crippen LogP contribution in [0.4, 0.5) is 5.69 Å². The molecule has 0 radical (unpaired) electrons. The van der Waals surface area contributed by atoms with Gasteiger partial charge in [0.05, 0.1) is 23.4 Å². The highest BCUT2D eigenvalue weighted by atomic mass is 32.2. The van der Waals surface area contributed by atoms with Gasteiger partial charge in [-0.15, -0.1) is 0 Å². The number of aromatic nitrogens is 2. The van der Waals surface area contributed by atoms with Gasteiger partial charge in [0.2, 0.25) is 20.0 Å². The minimum atomic E-state index is -3.47. The smallest absolute Gasteiger partial charge is 0.234 e. The van der Waals surface area contributed by atoms with Crippen molar-refractivity contribution < 1.29 is 16.8 Å². The molecule has 1 aromatic rings. The predicted octanol–water partition coefficient (Wildman–Crippen LogP) is 0.392. The standard InChI is InChI=1S/C13H24N4O4S2/c1-15-12-13(11-14-15)16(2)22(18,19)9-5-6-10-23(20,21)17-7-3-4-8-17/h11-12H,3-10H2,1-2H3. The summed E-state index contributed by atoms with van der Waals surface area (Å²) in [6.07, 6.45) is 5.58. The lowest BCUT2D eigenvalue weighted by molar-refractivity contribution is 0.475. The number of anilines is 1. The molecule has 0 N–H and O–H groups in total. The summed E-state index contributed by atoms with van der Waals surface area (Å²) in [6, 6.07) is 0. The van der Waals surface area contributed by atoms with Gasteiger partial charge in [-0.1, -0.05) is 0 Å². The average molecular weight is 364 g/mol. The SMILES string of the molecule is CN(c1cnn(C)c1)S(=O)(=O)CCCCS(=O)(=O)N1CCCC1. The molecular formula is C13H24N4O4S2. The van der Waals surface area contributed by atoms with Crippen LogP contribution in [0.5, 0.6) is 0 Å². The summed E-state index contributed by atoms with van der Waals surface area (Å²) in [7, 11) is -3.51. The Bertz CT molecular complexity index is 721. The van der Waals surface area contributed by atoms with Crippen molar-refractivity contribution in [2.45, 2.75) is 25.7 Å². The molecule has 132 valence electrons. The van der Waals surface area contributed by atoms with Crippen LogP contribution >= 0.6 is 0 Å². The number of hydrogen-bond acceptors (Lipinski definition) is 5. The van der Waals surface area contributed by atoms with Crippen LogP contribution in [0.3, 0.4) is 0 Å². The fraction of sp³-hybridized carbons (Fsp3) is 0.769. The van der Waals surface area contributed by atoms with E-state index >= 15 is 0 Å². The Hall–Kier alpha value is -1.13. The molecular weight excluding hydrogens is 340 g/mol. The van der Waals surface area contributed by atoms with Crippen LogP contribution in [0.25, 0.3) is 0 Å². The molecule has 1 aliphatic heterocycles. The van der Waals surface area contributed by atoms with Gasteiger partial charge in [-0.05, 0) is 25.7 Å². The summed E-state index contributed by atoms with van der Waals surface area (Å²) in [5, 5.41) is 3.95. The third-order valence-electron chi connectivity index (χ3n) is 3.99. The Morgan fingerprint density at radius 2 is 1.74 bits per heavy atom. The van der Waals surface area contributed by atoms with Gasteiger partial charge >= 0.3 is 0 Å². The van der Waals surface area contributed by atoms with E-state index in [1.54, 1.807) is 13.2 Å². The maximum Gasteiger partial charge on any atom is 0.234 e. The van der Waals surface area contributed by atoms with E-state index in [0.717, 1.165) is 12.8 Å². The molecule has 0 spiro atoms. The van der Waals surface area contributed by atoms with Crippen molar-refractivity contribution in [2.24, 2.45) is 7.05 Å². The molecule has 10 heteroatoms. The van der Waals surface area contributed by atoms with Gasteiger partial charge in [0.1, 0.15) is 0 Å². The van der Waals surface area contributed by atoms with Gasteiger partial charge in [0, 0.05) is 33.4 Å². The average Bonchev–Trinajstić information content (AvgIpc) is 3.14. The van der Waals surface area contributed by atoms with Crippen molar-refractivity contribution in [1.29, 1.82) is 0 Å². The second-order valence-electron chi connectivity index (χ2n) is 5.78. The van der Waals surface area contributed by atoms with Crippen molar-refractivity contribution in [3.63, 3.8) is 0 Å². The molecule has 2 heterocycles. The molecule has 0 unspecified atom stereocenters. The summed E-state index contributed by atoms with van der Waals surface area (Å²) >= 11 is 0. The Morgan fingerprint density at radius 1 is 1.13 bits per heavy atom. The molecule has 0 aromatic carbocycles. The second-order valence-corrected chi connectivity index (χ2v) is 9.99. The molecule has 0 aliphatic carbocycles. The minimum Gasteiger partial charge on any atom is -0.274 e. The van der Waals surface area contributed by atoms with Crippen molar-refractivity contribution in [3.8, 4) is 0 Å². The van der Waals surface area contributed by atoms with E-state index in [0.29, 0.717) is 31.6 Å². The Balaban J connectivity index is 1.83. The van der Waals surface area contributed by atoms with Crippen LogP contribution < -0.4 is 4.31 Å². The number of unbranched alkanes of at least 4 members (excludes halogenated alkanes) is 1. The zero-order valence-corrected chi connectivity index (χ0v) is 15.2. The lowest BCUT2D eigenvalue weighted by atomic mass is 10.4. The zero-order valence-electron chi connectivity index (χ0n) is 13.5. The number of hydrogen-bond donors (Lipinski definition) is 0. The van der Waals surface area contributed by atoms with Gasteiger partial charge < -0.3 is 0 Å². The molecule has 1 aromatic heterocycles. The Labute approximate surface area is 138 Å². The molecule has 23 heavy (non-hydrogen) atoms. The van der Waals surface area contributed by atoms with Crippen molar-refractivity contribution in [3.05, 3.63) is 12.4 Å². The van der Waals surface area contributed by atoms with Crippen molar-refractivity contribution in [1.82, 2.24) is 14.1 Å². The monoisotopic (exact) mass is 364 g/mol. The number of rotatable bonds is 8. The quantitative estimate of drug-likeness (QED) is 0.622. The summed E-state index contributed by atoms with van der Waals surface area (Å²) < 4.78 is 52.9. The van der Waals surface area contributed by atoms with E-state index in [-0.39, 0.29) is 11.5 Å². The summed E-state index contributed by atoms with van der Waals surface area (Å²) in [4.78, 5) is 0. The van der Waals surface area contributed by atoms with Gasteiger partial charge in [0.25, 0.3) is 0 Å². The van der Waals surface area contributed by atoms with Crippen LogP contribution in [0.15, 0.2) is 12.4 Å². The van der Waals surface area contributed by atoms with Crippen LogP contribution in [-0.4, -0.2) is 62.6 Å². The summed E-state index contributed by atoms with van der Waals surface area (Å²) in [5.41, 5.74) is 0.497. The maximum atomic E-state index is 12.2. The summed E-state index contributed by atoms with van der Waals surface area (Å²) in [6.45, 7) is 1.18. The lowest BCUT2D eigenvalue weighted by Gasteiger charge is -2.18. The molecule has 2 rings (SSSR count). The fourth-order valence-corrected chi connectivity index (χ4v) is 5.43. The lowest BCUT2D eigenvalue weighted by Crippen LogP contribution is -2.31. The first-order valence-corrected chi connectivity index (χ1v) is 10.9. The molecule has 0 atom stereocenters. The van der Waals surface area contributed by atoms with Gasteiger partial charge in [-0.25, -0.2) is 21.1 Å². The molecule has 1 aliphatic rings. The highest BCUT2D eigenvalue weighted by Crippen LogP contribution is 2.17. The maximum absolute atomic E-state index is 12.2. The molecule has 0 bridgehead atoms. The van der Waals surface area contributed by atoms with Gasteiger partial charge in [-0.3, -0.25) is 8.99 Å². The number of nitrogens with zero attached hydrogens (tertiary/aromatic N) is 4. The van der Waals surface area contributed by atoms with Crippen molar-refractivity contribution >= 4 is 25.7 Å². The number of sulfonamides is 2. The first-order valence-electron chi connectivity index (χ1n) is 7.65. The normalized spacial score (nSPS) is 16.8. The molecule has 8 nitrogen and oxygen atoms in total. The highest BCUT2D eigenvalue weighted by Gasteiger charge is 2.25. The van der Waals surface area contributed by atoms with Gasteiger partial charge in [-0.2, -0.15) is 5.10 Å². The van der Waals surface area contributed by atoms with Crippen molar-refractivity contribution in [2.75, 3.05) is 35.9 Å². The van der Waals surface area contributed by atoms with E-state index in [9.17, 15) is 16.8 Å². The minimum absolute atomic E-state index is 0.0130. The van der Waals surface area contributed by atoms with Crippen LogP contribution in [0.2, 0.25) is 0 Å². The zero-order chi connectivity index (χ0) is 17.1. The molecule has 0 saturated carbocycles. The Kier molecular flexibility index (Phi) is 5.69. The van der Waals surface area contributed by atoms with E-state index < -0.39 is 20.0 Å². The van der Waals surface area contributed by atoms with E-state index in [4.69, 9.17) is 0 Å². The topological polar surface area (TPSA) is 92.6 Å². The first-order chi connectivity index (χ1) is 10.7. The van der Waals surface area contributed by atoms with Crippen LogP contribution in [0.1, 0.15) is 25.7 Å². The molecule has 1 fully saturated rings. The van der Waals surface area contributed by atoms with Gasteiger partial charge in [0.15, 0.2) is 0 Å². The molecule has 0 amide bonds. The Morgan fingerprint density at radius 3 is 2.30 bits per heavy atom. The van der Waals surface area contributed by atoms with Crippen LogP contribution in [-0.2, 0) is 27.1 Å². The van der Waals surface area contributed by atoms with E-state index in [1.807, 2.05) is 0 Å². The van der Waals surface area contributed by atoms with E-state index in [1.165, 1.54) is 26.5 Å². The second kappa shape index (κ2) is 7.18. The predicted molar refractivity (Wildman–Crippen MR) is 89.2 cm³/mol. The largest absolute Gasteiger partial charge is 0.274 e.